The molecule has 1 aromatic rings. The van der Waals surface area contributed by atoms with Gasteiger partial charge in [-0.05, 0) is 0 Å². The number of fused-ring (bicyclic) bond motifs is 7. The Morgan fingerprint density at radius 3 is 2.39 bits per heavy atom. The molecule has 0 amide bonds. The van der Waals surface area contributed by atoms with E-state index in [-0.39, 0.29) is 47.7 Å². The summed E-state index contributed by atoms with van der Waals surface area (Å²) in [6.07, 6.45) is 11.5. The van der Waals surface area contributed by atoms with Crippen molar-refractivity contribution in [3.05, 3.63) is 47.5 Å². The number of carbonyl (C=O) groups excluding carboxylic acids is 1. The second-order valence-corrected chi connectivity index (χ2v) is 24.0. The van der Waals surface area contributed by atoms with E-state index in [0.717, 1.165) is 56.9 Å². The van der Waals surface area contributed by atoms with E-state index in [9.17, 15) is 15.0 Å². The van der Waals surface area contributed by atoms with Crippen molar-refractivity contribution in [2.24, 2.45) is 33.5 Å². The van der Waals surface area contributed by atoms with Crippen molar-refractivity contribution in [3.8, 4) is 0 Å². The van der Waals surface area contributed by atoms with E-state index in [1.807, 2.05) is 30.3 Å². The number of carbonyl (C=O) groups is 1. The van der Waals surface area contributed by atoms with Gasteiger partial charge in [-0.3, -0.25) is 0 Å². The first-order chi connectivity index (χ1) is 19.3. The van der Waals surface area contributed by atoms with E-state index in [0.29, 0.717) is 12.5 Å². The number of aliphatic hydroxyl groups is 2. The van der Waals surface area contributed by atoms with Crippen LogP contribution in [0, 0.1) is 33.5 Å². The summed E-state index contributed by atoms with van der Waals surface area (Å²) < 4.78 is 7.34. The van der Waals surface area contributed by atoms with Crippen LogP contribution in [0.3, 0.4) is 0 Å². The fourth-order valence-corrected chi connectivity index (χ4v) is 21.8. The first kappa shape index (κ1) is 30.1. The Morgan fingerprint density at radius 1 is 0.976 bits per heavy atom. The van der Waals surface area contributed by atoms with E-state index in [1.165, 1.54) is 10.8 Å². The van der Waals surface area contributed by atoms with Gasteiger partial charge in [-0.1, -0.05) is 18.2 Å². The van der Waals surface area contributed by atoms with Gasteiger partial charge in [0.05, 0.1) is 0 Å². The molecule has 5 heteroatoms. The molecule has 2 saturated carbocycles. The van der Waals surface area contributed by atoms with Crippen molar-refractivity contribution in [1.82, 2.24) is 0 Å². The van der Waals surface area contributed by atoms with Crippen molar-refractivity contribution >= 4 is 25.8 Å². The Morgan fingerprint density at radius 2 is 1.68 bits per heavy atom. The third-order valence-corrected chi connectivity index (χ3v) is 23.4. The van der Waals surface area contributed by atoms with Crippen LogP contribution in [0.2, 0.25) is 0 Å². The zero-order valence-electron chi connectivity index (χ0n) is 26.3. The molecule has 6 rings (SSSR count). The Kier molecular flexibility index (Phi) is 7.39. The molecular weight excluding hydrogens is 623 g/mol. The summed E-state index contributed by atoms with van der Waals surface area (Å²) in [5, 5.41) is 21.6. The molecule has 4 fully saturated rings. The van der Waals surface area contributed by atoms with Crippen molar-refractivity contribution < 1.29 is 19.7 Å². The summed E-state index contributed by atoms with van der Waals surface area (Å²) in [4.78, 5) is 14.2. The van der Waals surface area contributed by atoms with E-state index in [1.54, 1.807) is 5.57 Å². The Balaban J connectivity index is 1.36. The van der Waals surface area contributed by atoms with Crippen molar-refractivity contribution in [3.63, 3.8) is 0 Å². The van der Waals surface area contributed by atoms with Gasteiger partial charge < -0.3 is 0 Å². The van der Waals surface area contributed by atoms with E-state index >= 15 is 0 Å². The predicted octanol–water partition coefficient (Wildman–Crippen LogP) is 7.87. The summed E-state index contributed by atoms with van der Waals surface area (Å²) >= 11 is -1.71. The first-order valence-electron chi connectivity index (χ1n) is 16.1. The van der Waals surface area contributed by atoms with Crippen LogP contribution in [-0.4, -0.2) is 40.2 Å². The molecule has 0 radical (unpaired) electrons. The van der Waals surface area contributed by atoms with Crippen molar-refractivity contribution in [2.45, 2.75) is 119 Å². The normalized spacial score (nSPS) is 45.8. The molecule has 2 N–H and O–H groups in total. The van der Waals surface area contributed by atoms with Gasteiger partial charge in [0.1, 0.15) is 0 Å². The van der Waals surface area contributed by atoms with Crippen molar-refractivity contribution in [1.29, 1.82) is 0 Å². The molecule has 1 aromatic carbocycles. The molecular formula is C36H53IO4. The van der Waals surface area contributed by atoms with Gasteiger partial charge >= 0.3 is 238 Å². The minimum absolute atomic E-state index is 0.0288. The number of esters is 1. The van der Waals surface area contributed by atoms with Gasteiger partial charge in [0.15, 0.2) is 0 Å². The summed E-state index contributed by atoms with van der Waals surface area (Å²) in [6, 6.07) is 10.1. The molecule has 3 aliphatic carbocycles. The third-order valence-electron chi connectivity index (χ3n) is 13.5. The van der Waals surface area contributed by atoms with Crippen LogP contribution in [0.1, 0.15) is 105 Å². The van der Waals surface area contributed by atoms with Crippen LogP contribution < -0.4 is 0 Å². The molecule has 228 valence electrons. The monoisotopic (exact) mass is 676 g/mol. The molecule has 0 bridgehead atoms. The second kappa shape index (κ2) is 10.1. The number of hydrogen-bond acceptors (Lipinski definition) is 4. The summed E-state index contributed by atoms with van der Waals surface area (Å²) in [6.45, 7) is 15.2. The quantitative estimate of drug-likeness (QED) is 0.148. The van der Waals surface area contributed by atoms with Gasteiger partial charge in [0.2, 0.25) is 0 Å². The first-order valence-corrected chi connectivity index (χ1v) is 19.8. The molecule has 4 nitrogen and oxygen atoms in total. The standard InChI is InChI=1S/C36H53IO4/c1-31(2)16-18-36(30(40)41-23-25-10-8-7-9-11-25)19-17-32(3)26(27(36)22-31)12-13-28-33(32,4)20-21-37-34(28,5)15-14-29(39)35(37,6)24-38/h7-12,27-29,38-39H,13-24H2,1-6H3/t27-,28?,29-,32+,33+,34+,35+,36-/m0/s1. The van der Waals surface area contributed by atoms with E-state index in [2.05, 4.69) is 47.6 Å². The summed E-state index contributed by atoms with van der Waals surface area (Å²) in [7, 11) is 0. The Bertz CT molecular complexity index is 1210. The molecule has 0 aromatic heterocycles. The van der Waals surface area contributed by atoms with E-state index < -0.39 is 25.2 Å². The Hall–Kier alpha value is -0.920. The second-order valence-electron chi connectivity index (χ2n) is 15.9. The SMILES string of the molecule is CC1(C)CC[C@]2(C(=O)OCc3ccccc3)CC[C@]3(C)C(=CCC4[C@@]5(C)CC[C@H](O)[C@@](C)(CO)I5CC[C@]43C)[C@@H]2C1. The van der Waals surface area contributed by atoms with Crippen molar-refractivity contribution in [2.75, 3.05) is 11.0 Å². The van der Waals surface area contributed by atoms with Crippen LogP contribution in [-0.2, 0) is 16.1 Å². The van der Waals surface area contributed by atoms with Crippen LogP contribution in [0.25, 0.3) is 0 Å². The van der Waals surface area contributed by atoms with E-state index in [4.69, 9.17) is 4.74 Å². The zero-order valence-corrected chi connectivity index (χ0v) is 28.4. The summed E-state index contributed by atoms with van der Waals surface area (Å²) in [5.41, 5.74) is 2.65. The number of aliphatic hydroxyl groups excluding tert-OH is 2. The molecule has 0 spiro atoms. The average molecular weight is 677 g/mol. The molecule has 2 saturated heterocycles. The molecule has 1 unspecified atom stereocenters. The number of hydrogen-bond donors (Lipinski definition) is 2. The zero-order chi connectivity index (χ0) is 29.5. The maximum atomic E-state index is 14.2. The number of allylic oxidation sites excluding steroid dienone is 2. The minimum atomic E-state index is -1.71. The van der Waals surface area contributed by atoms with Crippen LogP contribution in [0.4, 0.5) is 0 Å². The van der Waals surface area contributed by atoms with Crippen LogP contribution in [0.15, 0.2) is 42.0 Å². The predicted molar refractivity (Wildman–Crippen MR) is 174 cm³/mol. The number of alkyl halides is 3. The molecule has 2 aliphatic heterocycles. The summed E-state index contributed by atoms with van der Waals surface area (Å²) in [5.74, 6) is 0.850. The Labute approximate surface area is 255 Å². The van der Waals surface area contributed by atoms with Gasteiger partial charge in [-0.2, -0.15) is 0 Å². The van der Waals surface area contributed by atoms with Gasteiger partial charge in [0.25, 0.3) is 0 Å². The average Bonchev–Trinajstić information content (AvgIpc) is 2.94. The fraction of sp³-hybridized carbons (Fsp3) is 0.750. The molecule has 5 aliphatic rings. The number of rotatable bonds is 4. The van der Waals surface area contributed by atoms with Gasteiger partial charge in [-0.25, -0.2) is 0 Å². The number of ether oxygens (including phenoxy) is 1. The van der Waals surface area contributed by atoms with Crippen LogP contribution >= 0.6 is 19.8 Å². The van der Waals surface area contributed by atoms with Crippen LogP contribution in [0.5, 0.6) is 0 Å². The maximum absolute atomic E-state index is 14.2. The number of halogens is 1. The molecule has 2 heterocycles. The van der Waals surface area contributed by atoms with Gasteiger partial charge in [-0.15, -0.1) is 0 Å². The fourth-order valence-electron chi connectivity index (χ4n) is 10.5. The third kappa shape index (κ3) is 4.28. The molecule has 41 heavy (non-hydrogen) atoms. The number of benzene rings is 1. The van der Waals surface area contributed by atoms with Gasteiger partial charge in [0, 0.05) is 0 Å². The molecule has 8 atom stereocenters. The topological polar surface area (TPSA) is 66.8 Å².